The molecule has 6 rings (SSSR count). The highest BCUT2D eigenvalue weighted by molar-refractivity contribution is 7.90. The molecule has 0 amide bonds. The quantitative estimate of drug-likeness (QED) is 0.317. The van der Waals surface area contributed by atoms with Crippen molar-refractivity contribution in [2.75, 3.05) is 0 Å². The molecular formula is C26H25N7O3S. The summed E-state index contributed by atoms with van der Waals surface area (Å²) in [6.07, 6.45) is 8.94. The molecule has 1 aliphatic carbocycles. The molecule has 1 N–H and O–H groups in total. The van der Waals surface area contributed by atoms with Gasteiger partial charge in [-0.3, -0.25) is 4.98 Å². The van der Waals surface area contributed by atoms with Crippen molar-refractivity contribution in [2.24, 2.45) is 0 Å². The molecule has 5 aromatic rings. The van der Waals surface area contributed by atoms with Crippen LogP contribution < -0.4 is 0 Å². The van der Waals surface area contributed by atoms with Gasteiger partial charge in [0.05, 0.1) is 40.6 Å². The van der Waals surface area contributed by atoms with Crippen LogP contribution in [0.25, 0.3) is 22.4 Å². The average Bonchev–Trinajstić information content (AvgIpc) is 3.56. The smallest absolute Gasteiger partial charge is 0.256 e. The Labute approximate surface area is 213 Å². The molecule has 11 heteroatoms. The number of rotatable bonds is 9. The Morgan fingerprint density at radius 2 is 1.84 bits per heavy atom. The summed E-state index contributed by atoms with van der Waals surface area (Å²) in [5.41, 5.74) is 4.94. The van der Waals surface area contributed by atoms with Gasteiger partial charge in [-0.25, -0.2) is 23.4 Å². The molecule has 1 fully saturated rings. The minimum atomic E-state index is -3.45. The van der Waals surface area contributed by atoms with Gasteiger partial charge in [-0.15, -0.1) is 0 Å². The zero-order valence-corrected chi connectivity index (χ0v) is 20.8. The van der Waals surface area contributed by atoms with Gasteiger partial charge in [-0.2, -0.15) is 9.19 Å². The van der Waals surface area contributed by atoms with Crippen LogP contribution in [0.3, 0.4) is 0 Å². The molecule has 10 nitrogen and oxygen atoms in total. The van der Waals surface area contributed by atoms with Gasteiger partial charge in [0.2, 0.25) is 0 Å². The number of pyridine rings is 1. The molecule has 0 spiro atoms. The fourth-order valence-electron chi connectivity index (χ4n) is 4.37. The predicted molar refractivity (Wildman–Crippen MR) is 137 cm³/mol. The van der Waals surface area contributed by atoms with Gasteiger partial charge in [-0.05, 0) is 37.0 Å². The largest absolute Gasteiger partial charge is 0.388 e. The highest BCUT2D eigenvalue weighted by Gasteiger charge is 2.37. The highest BCUT2D eigenvalue weighted by atomic mass is 32.2. The first-order valence-corrected chi connectivity index (χ1v) is 13.6. The summed E-state index contributed by atoms with van der Waals surface area (Å²) < 4.78 is 28.0. The first-order valence-electron chi connectivity index (χ1n) is 12.1. The molecule has 0 aliphatic heterocycles. The maximum Gasteiger partial charge on any atom is 0.256 e. The molecule has 1 aliphatic rings. The lowest BCUT2D eigenvalue weighted by molar-refractivity contribution is 0.266. The van der Waals surface area contributed by atoms with E-state index in [-0.39, 0.29) is 11.9 Å². The minimum Gasteiger partial charge on any atom is -0.388 e. The van der Waals surface area contributed by atoms with E-state index in [0.717, 1.165) is 32.9 Å². The predicted octanol–water partition coefficient (Wildman–Crippen LogP) is 2.75. The Morgan fingerprint density at radius 3 is 2.62 bits per heavy atom. The van der Waals surface area contributed by atoms with Crippen LogP contribution in [-0.4, -0.2) is 52.5 Å². The number of fused-ring (bicyclic) bond motifs is 1. The fourth-order valence-corrected chi connectivity index (χ4v) is 5.85. The van der Waals surface area contributed by atoms with Crippen molar-refractivity contribution in [1.82, 2.24) is 33.7 Å². The molecule has 0 atom stereocenters. The minimum absolute atomic E-state index is 0.155. The lowest BCUT2D eigenvalue weighted by Crippen LogP contribution is -2.17. The van der Waals surface area contributed by atoms with E-state index in [0.29, 0.717) is 43.0 Å². The van der Waals surface area contributed by atoms with Crippen molar-refractivity contribution in [3.63, 3.8) is 0 Å². The third-order valence-corrected chi connectivity index (χ3v) is 8.51. The van der Waals surface area contributed by atoms with E-state index in [1.165, 1.54) is 18.0 Å². The van der Waals surface area contributed by atoms with Crippen LogP contribution in [0.15, 0.2) is 67.3 Å². The number of hydrogen-bond donors (Lipinski definition) is 1. The SMILES string of the molecule is O=S(=O)(C1CC1)n1cc(-c2nccc(Cc3cc4c(cn3)nc(CO)n4CCc3ccccc3)n2)cn1. The third kappa shape index (κ3) is 4.75. The Hall–Kier alpha value is -3.96. The lowest BCUT2D eigenvalue weighted by atomic mass is 10.1. The first-order chi connectivity index (χ1) is 18.0. The first kappa shape index (κ1) is 23.4. The Kier molecular flexibility index (Phi) is 6.01. The lowest BCUT2D eigenvalue weighted by Gasteiger charge is -2.09. The summed E-state index contributed by atoms with van der Waals surface area (Å²) in [4.78, 5) is 18.1. The van der Waals surface area contributed by atoms with E-state index in [2.05, 4.69) is 37.2 Å². The monoisotopic (exact) mass is 515 g/mol. The van der Waals surface area contributed by atoms with Crippen molar-refractivity contribution in [3.8, 4) is 11.4 Å². The summed E-state index contributed by atoms with van der Waals surface area (Å²) in [6, 6.07) is 14.0. The van der Waals surface area contributed by atoms with Crippen LogP contribution in [0.4, 0.5) is 0 Å². The van der Waals surface area contributed by atoms with Gasteiger partial charge in [0.25, 0.3) is 10.0 Å². The Morgan fingerprint density at radius 1 is 1.00 bits per heavy atom. The topological polar surface area (TPSA) is 129 Å². The van der Waals surface area contributed by atoms with E-state index in [4.69, 9.17) is 0 Å². The molecule has 1 aromatic carbocycles. The summed E-state index contributed by atoms with van der Waals surface area (Å²) in [5, 5.41) is 13.6. The zero-order chi connectivity index (χ0) is 25.4. The van der Waals surface area contributed by atoms with Crippen LogP contribution in [0, 0.1) is 0 Å². The van der Waals surface area contributed by atoms with Crippen LogP contribution in [0.5, 0.6) is 0 Å². The molecule has 37 heavy (non-hydrogen) atoms. The van der Waals surface area contributed by atoms with Crippen LogP contribution >= 0.6 is 0 Å². The number of imidazole rings is 1. The fraction of sp³-hybridized carbons (Fsp3) is 0.269. The van der Waals surface area contributed by atoms with Crippen molar-refractivity contribution in [3.05, 3.63) is 90.0 Å². The third-order valence-electron chi connectivity index (χ3n) is 6.48. The molecule has 0 saturated heterocycles. The van der Waals surface area contributed by atoms with Gasteiger partial charge in [0.1, 0.15) is 17.9 Å². The zero-order valence-electron chi connectivity index (χ0n) is 20.0. The molecular weight excluding hydrogens is 490 g/mol. The van der Waals surface area contributed by atoms with Crippen molar-refractivity contribution < 1.29 is 13.5 Å². The number of aliphatic hydroxyl groups excluding tert-OH is 1. The Balaban J connectivity index is 1.25. The molecule has 1 saturated carbocycles. The summed E-state index contributed by atoms with van der Waals surface area (Å²) in [7, 11) is -3.45. The second kappa shape index (κ2) is 9.49. The van der Waals surface area contributed by atoms with Gasteiger partial charge in [-0.1, -0.05) is 30.3 Å². The average molecular weight is 516 g/mol. The number of aryl methyl sites for hydroxylation is 2. The molecule has 0 radical (unpaired) electrons. The standard InChI is InChI=1S/C26H25N7O3S/c34-17-25-31-23-15-28-21(13-24(23)32(25)11-9-18-4-2-1-3-5-18)12-20-8-10-27-26(30-20)19-14-29-33(16-19)37(35,36)22-6-7-22/h1-5,8,10,13-16,22,34H,6-7,9,11-12,17H2. The van der Waals surface area contributed by atoms with Crippen molar-refractivity contribution in [2.45, 2.75) is 44.1 Å². The molecule has 0 bridgehead atoms. The van der Waals surface area contributed by atoms with E-state index >= 15 is 0 Å². The van der Waals surface area contributed by atoms with Gasteiger partial charge >= 0.3 is 0 Å². The second-order valence-corrected chi connectivity index (χ2v) is 11.2. The number of aromatic nitrogens is 7. The molecule has 4 aromatic heterocycles. The number of aliphatic hydroxyl groups is 1. The van der Waals surface area contributed by atoms with E-state index in [1.807, 2.05) is 34.9 Å². The van der Waals surface area contributed by atoms with E-state index < -0.39 is 10.0 Å². The highest BCUT2D eigenvalue weighted by Crippen LogP contribution is 2.30. The molecule has 188 valence electrons. The summed E-state index contributed by atoms with van der Waals surface area (Å²) in [6.45, 7) is 0.531. The summed E-state index contributed by atoms with van der Waals surface area (Å²) in [5.74, 6) is 1.01. The van der Waals surface area contributed by atoms with Gasteiger partial charge < -0.3 is 9.67 Å². The maximum absolute atomic E-state index is 12.5. The van der Waals surface area contributed by atoms with Crippen molar-refractivity contribution in [1.29, 1.82) is 0 Å². The number of benzene rings is 1. The van der Waals surface area contributed by atoms with E-state index in [1.54, 1.807) is 12.4 Å². The van der Waals surface area contributed by atoms with Crippen LogP contribution in [0.2, 0.25) is 0 Å². The van der Waals surface area contributed by atoms with E-state index in [9.17, 15) is 13.5 Å². The Bertz CT molecular complexity index is 1680. The number of nitrogens with zero attached hydrogens (tertiary/aromatic N) is 7. The normalized spacial score (nSPS) is 13.9. The number of hydrogen-bond acceptors (Lipinski definition) is 8. The summed E-state index contributed by atoms with van der Waals surface area (Å²) >= 11 is 0. The van der Waals surface area contributed by atoms with Crippen LogP contribution in [-0.2, 0) is 36.0 Å². The van der Waals surface area contributed by atoms with Gasteiger partial charge in [0.15, 0.2) is 5.82 Å². The van der Waals surface area contributed by atoms with Crippen molar-refractivity contribution >= 4 is 21.1 Å². The molecule has 4 heterocycles. The van der Waals surface area contributed by atoms with Gasteiger partial charge in [0, 0.05) is 24.9 Å². The van der Waals surface area contributed by atoms with Crippen LogP contribution in [0.1, 0.15) is 35.6 Å². The molecule has 0 unspecified atom stereocenters. The maximum atomic E-state index is 12.5. The second-order valence-electron chi connectivity index (χ2n) is 9.13.